The zero-order chi connectivity index (χ0) is 105. The van der Waals surface area contributed by atoms with Crippen LogP contribution in [0.5, 0.6) is 0 Å². The fourth-order valence-electron chi connectivity index (χ4n) is 21.2. The fourth-order valence-corrected chi connectivity index (χ4v) is 21.6. The van der Waals surface area contributed by atoms with Crippen LogP contribution in [0.3, 0.4) is 0 Å². The number of nitrogens with zero attached hydrogens (tertiary/aromatic N) is 5. The second kappa shape index (κ2) is 38.1. The van der Waals surface area contributed by atoms with E-state index in [2.05, 4.69) is 69.9 Å². The molecule has 760 valence electrons. The summed E-state index contributed by atoms with van der Waals surface area (Å²) in [5.41, 5.74) is 0.604. The monoisotopic (exact) mass is 2040 g/mol. The standard InChI is InChI=1S/2C25H25ClF2N4O4.C25H25F2N5O4.C24H24F4N4O4/c2*1-11-4-5-14(7-16(11)26)30-21(34)18-12(2)17(19-15-6-13(15)8-32(18)19)20(33)22(35)31-24(23(36)29-3)9-25(27,28)10-24;1-13-6-7-16(9-15(13)10-28)30-21(34)19-14(2)18(17-5-4-8-32(17)19)20(33)22(35)31-24(23(36)29-3)11-25(26,27)12-24;1-11-14(25)7-13(8-15(11)26)30-20(34)18-12(2)17(16-5-4-6-32(16)18)19(33)21(35)31-23(22(36)29-3)9-24(27,28)10-23/h2*4-5,7,13,15H,6,8-10H2,1-3H3,(H,29,36)(H,30,34)(H,31,35);6-7,9H,4-5,8,11-12H2,1-3H3,(H,29,36)(H,30,34)(H,31,35);7-8H,4-6,9-10H2,1-3H3,(H,29,36)(H,30,34)(H,31,35)/t2*13-,15-;;/m10../s1. The van der Waals surface area contributed by atoms with Crippen molar-refractivity contribution in [1.82, 2.24) is 60.8 Å². The zero-order valence-corrected chi connectivity index (χ0v) is 81.2. The molecule has 0 radical (unpaired) electrons. The minimum absolute atomic E-state index is 0.0370. The van der Waals surface area contributed by atoms with Gasteiger partial charge < -0.3 is 82.1 Å². The smallest absolute Gasteiger partial charge is 0.293 e. The van der Waals surface area contributed by atoms with Crippen molar-refractivity contribution >= 4 is 140 Å². The number of halogens is 12. The summed E-state index contributed by atoms with van der Waals surface area (Å²) in [4.78, 5) is 207. The molecule has 4 atom stereocenters. The third-order valence-corrected chi connectivity index (χ3v) is 29.3. The third kappa shape index (κ3) is 19.2. The number of ketones is 4. The number of amides is 12. The highest BCUT2D eigenvalue weighted by Gasteiger charge is 2.66. The van der Waals surface area contributed by atoms with Gasteiger partial charge in [-0.05, 0) is 193 Å². The number of hydrogen-bond acceptors (Lipinski definition) is 17. The Morgan fingerprint density at radius 2 is 0.632 bits per heavy atom. The fraction of sp³-hybridized carbons (Fsp3) is 0.424. The van der Waals surface area contributed by atoms with Gasteiger partial charge in [0.15, 0.2) is 0 Å². The summed E-state index contributed by atoms with van der Waals surface area (Å²) in [6.45, 7) is 14.8. The lowest BCUT2D eigenvalue weighted by atomic mass is 9.72. The molecule has 4 aromatic heterocycles. The lowest BCUT2D eigenvalue weighted by Gasteiger charge is -2.45. The van der Waals surface area contributed by atoms with Gasteiger partial charge in [-0.3, -0.25) is 76.7 Å². The number of nitriles is 1. The van der Waals surface area contributed by atoms with E-state index in [0.717, 1.165) is 41.7 Å². The summed E-state index contributed by atoms with van der Waals surface area (Å²) in [6.07, 6.45) is -3.51. The van der Waals surface area contributed by atoms with Crippen molar-refractivity contribution in [3.63, 3.8) is 0 Å². The summed E-state index contributed by atoms with van der Waals surface area (Å²) in [5, 5.41) is 39.0. The van der Waals surface area contributed by atoms with Crippen molar-refractivity contribution in [2.24, 2.45) is 11.8 Å². The number of Topliss-reactive ketones (excluding diaryl/α,β-unsaturated/α-hetero) is 4. The lowest BCUT2D eigenvalue weighted by molar-refractivity contribution is -0.164. The minimum Gasteiger partial charge on any atom is -0.357 e. The summed E-state index contributed by atoms with van der Waals surface area (Å²) >= 11 is 12.3. The molecule has 6 fully saturated rings. The number of carbonyl (C=O) groups is 16. The maximum absolute atomic E-state index is 13.9. The Kier molecular flexibility index (Phi) is 27.5. The number of benzene rings is 4. The summed E-state index contributed by atoms with van der Waals surface area (Å²) in [6, 6.07) is 19.1. The van der Waals surface area contributed by atoms with Crippen LogP contribution in [0.2, 0.25) is 10.0 Å². The number of fused-ring (bicyclic) bond motifs is 8. The Morgan fingerprint density at radius 1 is 0.361 bits per heavy atom. The van der Waals surface area contributed by atoms with Gasteiger partial charge in [-0.15, -0.1) is 0 Å². The van der Waals surface area contributed by atoms with Crippen molar-refractivity contribution in [2.75, 3.05) is 49.5 Å². The minimum atomic E-state index is -3.16. The van der Waals surface area contributed by atoms with Crippen LogP contribution in [-0.4, -0.2) is 186 Å². The first-order chi connectivity index (χ1) is 67.5. The normalized spacial score (nSPS) is 19.5. The predicted molar refractivity (Wildman–Crippen MR) is 500 cm³/mol. The molecular weight excluding hydrogens is 1940 g/mol. The van der Waals surface area contributed by atoms with Gasteiger partial charge in [0.05, 0.1) is 33.9 Å². The molecule has 144 heavy (non-hydrogen) atoms. The maximum atomic E-state index is 13.9. The zero-order valence-electron chi connectivity index (χ0n) is 79.7. The SMILES string of the molecule is CNC(=O)C1(NC(=O)C(=O)c2c(C)c(C(=O)Nc3cc(F)c(C)c(F)c3)n3c2CCC3)CC(F)(F)C1.CNC(=O)C1(NC(=O)C(=O)c2c(C)c(C(=O)Nc3ccc(C)c(C#N)c3)n3c2CCC3)CC(F)(F)C1.CNC(=O)C1(NC(=O)C(=O)c2c(C)c(C(=O)Nc3ccc(C)c(Cl)c3)n3c2[C@@H]2C[C@@H]2C3)CC(F)(F)C1.CNC(=O)C1(NC(=O)C(=O)c2c(C)c(C(=O)Nc3ccc(C)c(Cl)c3)n3c2[C@H]2C[C@H]2C3)CC(F)(F)C1. The van der Waals surface area contributed by atoms with E-state index in [1.54, 1.807) is 101 Å². The third-order valence-electron chi connectivity index (χ3n) is 28.4. The molecule has 8 aromatic rings. The first-order valence-electron chi connectivity index (χ1n) is 46.0. The van der Waals surface area contributed by atoms with Crippen LogP contribution in [0.15, 0.2) is 66.7 Å². The Balaban J connectivity index is 0.000000144. The van der Waals surface area contributed by atoms with Crippen molar-refractivity contribution in [3.05, 3.63) is 206 Å². The Labute approximate surface area is 825 Å². The number of nitrogens with one attached hydrogen (secondary N) is 12. The van der Waals surface area contributed by atoms with Gasteiger partial charge in [-0.25, -0.2) is 43.9 Å². The van der Waals surface area contributed by atoms with Crippen molar-refractivity contribution in [3.8, 4) is 6.07 Å². The molecule has 4 aromatic carbocycles. The molecule has 12 amide bonds. The van der Waals surface area contributed by atoms with E-state index < -0.39 is 203 Å². The lowest BCUT2D eigenvalue weighted by Crippen LogP contribution is -2.69. The average Bonchev–Trinajstić information content (AvgIpc) is 1.53. The van der Waals surface area contributed by atoms with E-state index in [1.807, 2.05) is 13.8 Å². The predicted octanol–water partition coefficient (Wildman–Crippen LogP) is 11.9. The van der Waals surface area contributed by atoms with Gasteiger partial charge in [0.1, 0.15) is 56.6 Å². The van der Waals surface area contributed by atoms with Gasteiger partial charge in [0.25, 0.3) is 94.1 Å². The van der Waals surface area contributed by atoms with Crippen LogP contribution in [0.25, 0.3) is 0 Å². The van der Waals surface area contributed by atoms with E-state index >= 15 is 0 Å². The highest BCUT2D eigenvalue weighted by molar-refractivity contribution is 6.46. The van der Waals surface area contributed by atoms with E-state index in [-0.39, 0.29) is 91.1 Å². The molecule has 0 spiro atoms. The number of aryl methyl sites for hydroxylation is 3. The van der Waals surface area contributed by atoms with Crippen LogP contribution in [0.1, 0.15) is 245 Å². The Morgan fingerprint density at radius 3 is 0.917 bits per heavy atom. The number of hydrogen-bond donors (Lipinski definition) is 12. The molecule has 8 heterocycles. The van der Waals surface area contributed by atoms with Crippen molar-refractivity contribution < 1.29 is 121 Å². The van der Waals surface area contributed by atoms with Crippen LogP contribution in [-0.2, 0) is 77.4 Å². The second-order valence-corrected chi connectivity index (χ2v) is 39.4. The molecular formula is C99H99Cl2F10N17O16. The molecule has 0 unspecified atom stereocenters. The summed E-state index contributed by atoms with van der Waals surface area (Å²) in [5.74, 6) is -27.6. The molecule has 6 aliphatic carbocycles. The van der Waals surface area contributed by atoms with Gasteiger partial charge in [-0.2, -0.15) is 5.26 Å². The Hall–Kier alpha value is -14.3. The van der Waals surface area contributed by atoms with Gasteiger partial charge in [0.2, 0.25) is 23.6 Å². The van der Waals surface area contributed by atoms with Crippen LogP contribution >= 0.6 is 23.2 Å². The molecule has 33 nitrogen and oxygen atoms in total. The van der Waals surface area contributed by atoms with Crippen molar-refractivity contribution in [1.29, 1.82) is 5.26 Å². The number of carbonyl (C=O) groups excluding carboxylic acids is 16. The van der Waals surface area contributed by atoms with Crippen LogP contribution in [0, 0.1) is 90.2 Å². The largest absolute Gasteiger partial charge is 0.357 e. The molecule has 6 saturated carbocycles. The topological polar surface area (TPSA) is 461 Å². The average molecular weight is 2040 g/mol. The molecule has 45 heteroatoms. The molecule has 18 rings (SSSR count). The summed E-state index contributed by atoms with van der Waals surface area (Å²) in [7, 11) is 5.05. The number of alkyl halides is 8. The number of anilines is 4. The Bertz CT molecular complexity index is 6740. The first kappa shape index (κ1) is 104. The summed E-state index contributed by atoms with van der Waals surface area (Å²) < 4.78 is 144. The van der Waals surface area contributed by atoms with Gasteiger partial charge in [0, 0.05) is 179 Å². The van der Waals surface area contributed by atoms with E-state index in [9.17, 15) is 126 Å². The maximum Gasteiger partial charge on any atom is 0.293 e. The number of aromatic nitrogens is 4. The van der Waals surface area contributed by atoms with Gasteiger partial charge >= 0.3 is 0 Å². The van der Waals surface area contributed by atoms with Crippen molar-refractivity contribution in [2.45, 2.75) is 229 Å². The molecule has 4 aliphatic heterocycles. The van der Waals surface area contributed by atoms with E-state index in [4.69, 9.17) is 23.2 Å². The number of rotatable bonds is 24. The highest BCUT2D eigenvalue weighted by Crippen LogP contribution is 2.59. The van der Waals surface area contributed by atoms with E-state index in [1.165, 1.54) is 42.0 Å². The van der Waals surface area contributed by atoms with Crippen LogP contribution < -0.4 is 63.8 Å². The molecule has 0 bridgehead atoms. The first-order valence-corrected chi connectivity index (χ1v) is 46.7. The quantitative estimate of drug-likeness (QED) is 0.0152. The van der Waals surface area contributed by atoms with E-state index in [0.29, 0.717) is 118 Å². The van der Waals surface area contributed by atoms with Gasteiger partial charge in [-0.1, -0.05) is 41.4 Å². The molecule has 10 aliphatic rings. The highest BCUT2D eigenvalue weighted by atomic mass is 35.5. The molecule has 0 saturated heterocycles. The number of likely N-dealkylation sites (N-methyl/N-ethyl adjacent to an activating group) is 4. The van der Waals surface area contributed by atoms with Crippen LogP contribution in [0.4, 0.5) is 66.7 Å². The second-order valence-electron chi connectivity index (χ2n) is 38.6. The molecule has 12 N–H and O–H groups in total.